The van der Waals surface area contributed by atoms with Gasteiger partial charge in [-0.15, -0.1) is 0 Å². The Labute approximate surface area is 89.6 Å². The zero-order valence-corrected chi connectivity index (χ0v) is 9.04. The molecule has 1 aromatic rings. The number of rotatable bonds is 5. The average Bonchev–Trinajstić information content (AvgIpc) is 2.29. The summed E-state index contributed by atoms with van der Waals surface area (Å²) in [6, 6.07) is 7.74. The van der Waals surface area contributed by atoms with E-state index in [4.69, 9.17) is 4.74 Å². The van der Waals surface area contributed by atoms with E-state index in [1.807, 2.05) is 24.3 Å². The molecular formula is C11H16N2O2. The minimum Gasteiger partial charge on any atom is -0.497 e. The molecule has 0 saturated carbocycles. The second-order valence-electron chi connectivity index (χ2n) is 3.12. The van der Waals surface area contributed by atoms with E-state index < -0.39 is 0 Å². The Balaban J connectivity index is 2.34. The van der Waals surface area contributed by atoms with Crippen LogP contribution in [0.2, 0.25) is 0 Å². The molecule has 0 aromatic heterocycles. The van der Waals surface area contributed by atoms with Crippen molar-refractivity contribution in [2.24, 2.45) is 0 Å². The van der Waals surface area contributed by atoms with E-state index in [0.717, 1.165) is 11.3 Å². The summed E-state index contributed by atoms with van der Waals surface area (Å²) in [6.07, 6.45) is 0. The molecule has 82 valence electrons. The maximum absolute atomic E-state index is 10.9. The van der Waals surface area contributed by atoms with Crippen LogP contribution < -0.4 is 15.4 Å². The Morgan fingerprint density at radius 3 is 2.53 bits per heavy atom. The predicted octanol–water partition coefficient (Wildman–Crippen LogP) is 0.531. The molecule has 15 heavy (non-hydrogen) atoms. The van der Waals surface area contributed by atoms with Gasteiger partial charge < -0.3 is 15.4 Å². The highest BCUT2D eigenvalue weighted by Gasteiger charge is 1.97. The third-order valence-electron chi connectivity index (χ3n) is 2.05. The van der Waals surface area contributed by atoms with Crippen LogP contribution in [0.4, 0.5) is 0 Å². The van der Waals surface area contributed by atoms with E-state index in [2.05, 4.69) is 10.6 Å². The first-order chi connectivity index (χ1) is 7.26. The Kier molecular flexibility index (Phi) is 4.63. The summed E-state index contributed by atoms with van der Waals surface area (Å²) < 4.78 is 5.04. The van der Waals surface area contributed by atoms with Gasteiger partial charge in [-0.25, -0.2) is 0 Å². The minimum absolute atomic E-state index is 0.0106. The van der Waals surface area contributed by atoms with Gasteiger partial charge in [0.15, 0.2) is 0 Å². The van der Waals surface area contributed by atoms with Crippen molar-refractivity contribution in [1.29, 1.82) is 0 Å². The summed E-state index contributed by atoms with van der Waals surface area (Å²) in [5.41, 5.74) is 1.12. The van der Waals surface area contributed by atoms with Gasteiger partial charge in [0.05, 0.1) is 13.7 Å². The standard InChI is InChI=1S/C11H16N2O2/c1-12-11(14)8-13-7-9-3-5-10(15-2)6-4-9/h3-6,13H,7-8H2,1-2H3,(H,12,14). The van der Waals surface area contributed by atoms with Crippen LogP contribution in [0.25, 0.3) is 0 Å². The summed E-state index contributed by atoms with van der Waals surface area (Å²) in [7, 11) is 3.26. The normalized spacial score (nSPS) is 9.73. The van der Waals surface area contributed by atoms with Crippen molar-refractivity contribution >= 4 is 5.91 Å². The molecule has 4 heteroatoms. The van der Waals surface area contributed by atoms with Crippen molar-refractivity contribution in [3.8, 4) is 5.75 Å². The average molecular weight is 208 g/mol. The van der Waals surface area contributed by atoms with Crippen molar-refractivity contribution in [2.45, 2.75) is 6.54 Å². The van der Waals surface area contributed by atoms with Gasteiger partial charge in [-0.3, -0.25) is 4.79 Å². The maximum Gasteiger partial charge on any atom is 0.233 e. The third-order valence-corrected chi connectivity index (χ3v) is 2.05. The van der Waals surface area contributed by atoms with Gasteiger partial charge in [0.25, 0.3) is 0 Å². The molecule has 4 nitrogen and oxygen atoms in total. The number of ether oxygens (including phenoxy) is 1. The third kappa shape index (κ3) is 3.99. The molecule has 1 aromatic carbocycles. The highest BCUT2D eigenvalue weighted by Crippen LogP contribution is 2.10. The van der Waals surface area contributed by atoms with Crippen LogP contribution in [0.5, 0.6) is 5.75 Å². The zero-order valence-electron chi connectivity index (χ0n) is 9.04. The van der Waals surface area contributed by atoms with Crippen LogP contribution in [-0.2, 0) is 11.3 Å². The summed E-state index contributed by atoms with van der Waals surface area (Å²) in [6.45, 7) is 1.01. The van der Waals surface area contributed by atoms with Crippen LogP contribution in [0.1, 0.15) is 5.56 Å². The summed E-state index contributed by atoms with van der Waals surface area (Å²) in [4.78, 5) is 10.9. The van der Waals surface area contributed by atoms with E-state index in [1.165, 1.54) is 0 Å². The molecule has 0 aliphatic carbocycles. The second kappa shape index (κ2) is 6.03. The van der Waals surface area contributed by atoms with Gasteiger partial charge in [-0.2, -0.15) is 0 Å². The Morgan fingerprint density at radius 1 is 1.33 bits per heavy atom. The summed E-state index contributed by atoms with van der Waals surface area (Å²) in [5, 5.41) is 5.59. The molecule has 0 heterocycles. The Morgan fingerprint density at radius 2 is 2.00 bits per heavy atom. The molecule has 0 fully saturated rings. The summed E-state index contributed by atoms with van der Waals surface area (Å²) >= 11 is 0. The fourth-order valence-electron chi connectivity index (χ4n) is 1.15. The van der Waals surface area contributed by atoms with E-state index in [0.29, 0.717) is 13.1 Å². The quantitative estimate of drug-likeness (QED) is 0.742. The number of benzene rings is 1. The number of hydrogen-bond donors (Lipinski definition) is 2. The van der Waals surface area contributed by atoms with Gasteiger partial charge in [0, 0.05) is 13.6 Å². The summed E-state index contributed by atoms with van der Waals surface area (Å²) in [5.74, 6) is 0.827. The number of likely N-dealkylation sites (N-methyl/N-ethyl adjacent to an activating group) is 1. The lowest BCUT2D eigenvalue weighted by atomic mass is 10.2. The van der Waals surface area contributed by atoms with Gasteiger partial charge in [-0.1, -0.05) is 12.1 Å². The lowest BCUT2D eigenvalue weighted by Crippen LogP contribution is -2.30. The molecule has 0 aliphatic rings. The van der Waals surface area contributed by atoms with Crippen LogP contribution in [0, 0.1) is 0 Å². The lowest BCUT2D eigenvalue weighted by Gasteiger charge is -2.05. The largest absolute Gasteiger partial charge is 0.497 e. The number of carbonyl (C=O) groups is 1. The topological polar surface area (TPSA) is 50.4 Å². The van der Waals surface area contributed by atoms with Crippen LogP contribution >= 0.6 is 0 Å². The van der Waals surface area contributed by atoms with Crippen LogP contribution in [0.3, 0.4) is 0 Å². The molecule has 0 atom stereocenters. The molecular weight excluding hydrogens is 192 g/mol. The minimum atomic E-state index is -0.0106. The van der Waals surface area contributed by atoms with Crippen molar-refractivity contribution in [3.63, 3.8) is 0 Å². The van der Waals surface area contributed by atoms with Gasteiger partial charge in [-0.05, 0) is 17.7 Å². The Bertz CT molecular complexity index is 309. The fourth-order valence-corrected chi connectivity index (χ4v) is 1.15. The number of hydrogen-bond acceptors (Lipinski definition) is 3. The van der Waals surface area contributed by atoms with Gasteiger partial charge >= 0.3 is 0 Å². The highest BCUT2D eigenvalue weighted by molar-refractivity contribution is 5.77. The fraction of sp³-hybridized carbons (Fsp3) is 0.364. The molecule has 0 unspecified atom stereocenters. The molecule has 0 saturated heterocycles. The predicted molar refractivity (Wildman–Crippen MR) is 58.8 cm³/mol. The monoisotopic (exact) mass is 208 g/mol. The lowest BCUT2D eigenvalue weighted by molar-refractivity contribution is -0.119. The number of methoxy groups -OCH3 is 1. The smallest absolute Gasteiger partial charge is 0.233 e. The molecule has 0 bridgehead atoms. The second-order valence-corrected chi connectivity index (χ2v) is 3.12. The van der Waals surface area contributed by atoms with Crippen molar-refractivity contribution in [1.82, 2.24) is 10.6 Å². The number of amides is 1. The molecule has 1 amide bonds. The van der Waals surface area contributed by atoms with Crippen LogP contribution in [0.15, 0.2) is 24.3 Å². The first-order valence-corrected chi connectivity index (χ1v) is 4.80. The van der Waals surface area contributed by atoms with Crippen molar-refractivity contribution in [3.05, 3.63) is 29.8 Å². The van der Waals surface area contributed by atoms with Gasteiger partial charge in [0.2, 0.25) is 5.91 Å². The first kappa shape index (κ1) is 11.5. The number of carbonyl (C=O) groups excluding carboxylic acids is 1. The zero-order chi connectivity index (χ0) is 11.1. The maximum atomic E-state index is 10.9. The van der Waals surface area contributed by atoms with E-state index in [9.17, 15) is 4.79 Å². The Hall–Kier alpha value is -1.55. The van der Waals surface area contributed by atoms with Crippen molar-refractivity contribution < 1.29 is 9.53 Å². The van der Waals surface area contributed by atoms with Crippen molar-refractivity contribution in [2.75, 3.05) is 20.7 Å². The van der Waals surface area contributed by atoms with Crippen LogP contribution in [-0.4, -0.2) is 26.6 Å². The first-order valence-electron chi connectivity index (χ1n) is 4.80. The molecule has 0 aliphatic heterocycles. The van der Waals surface area contributed by atoms with E-state index in [1.54, 1.807) is 14.2 Å². The molecule has 2 N–H and O–H groups in total. The van der Waals surface area contributed by atoms with E-state index in [-0.39, 0.29) is 5.91 Å². The molecule has 0 radical (unpaired) electrons. The SMILES string of the molecule is CNC(=O)CNCc1ccc(OC)cc1. The van der Waals surface area contributed by atoms with Gasteiger partial charge in [0.1, 0.15) is 5.75 Å². The number of nitrogens with one attached hydrogen (secondary N) is 2. The highest BCUT2D eigenvalue weighted by atomic mass is 16.5. The molecule has 1 rings (SSSR count). The molecule has 0 spiro atoms. The van der Waals surface area contributed by atoms with E-state index >= 15 is 0 Å².